The smallest absolute Gasteiger partial charge is 0.326 e. The number of thiol groups is 1. The maximum atomic E-state index is 12.7. The summed E-state index contributed by atoms with van der Waals surface area (Å²) in [5.41, 5.74) is 10.6. The highest BCUT2D eigenvalue weighted by Crippen LogP contribution is 2.09. The Kier molecular flexibility index (Phi) is 12.0. The molecule has 0 fully saturated rings. The second-order valence-electron chi connectivity index (χ2n) is 7.46. The quantitative estimate of drug-likeness (QED) is 0.164. The first kappa shape index (κ1) is 27.7. The van der Waals surface area contributed by atoms with Crippen LogP contribution in [0.1, 0.15) is 40.5 Å². The number of carbonyl (C=O) groups is 5. The summed E-state index contributed by atoms with van der Waals surface area (Å²) >= 11 is 4.06. The van der Waals surface area contributed by atoms with Crippen LogP contribution in [0.3, 0.4) is 0 Å². The maximum absolute atomic E-state index is 12.7. The van der Waals surface area contributed by atoms with Crippen LogP contribution in [0.4, 0.5) is 0 Å². The van der Waals surface area contributed by atoms with E-state index in [2.05, 4.69) is 28.6 Å². The second-order valence-corrected chi connectivity index (χ2v) is 7.83. The summed E-state index contributed by atoms with van der Waals surface area (Å²) in [6.45, 7) is 6.82. The van der Waals surface area contributed by atoms with Crippen molar-refractivity contribution in [3.63, 3.8) is 0 Å². The van der Waals surface area contributed by atoms with Gasteiger partial charge >= 0.3 is 5.97 Å². The number of aliphatic carboxylic acids is 1. The lowest BCUT2D eigenvalue weighted by atomic mass is 9.99. The van der Waals surface area contributed by atoms with E-state index in [1.165, 1.54) is 0 Å². The molecule has 0 radical (unpaired) electrons. The van der Waals surface area contributed by atoms with E-state index in [1.54, 1.807) is 27.7 Å². The Morgan fingerprint density at radius 3 is 1.87 bits per heavy atom. The second kappa shape index (κ2) is 13.1. The lowest BCUT2D eigenvalue weighted by molar-refractivity contribution is -0.143. The summed E-state index contributed by atoms with van der Waals surface area (Å²) in [7, 11) is 0. The molecular weight excluding hydrogens is 414 g/mol. The first-order valence-electron chi connectivity index (χ1n) is 9.64. The Morgan fingerprint density at radius 2 is 1.47 bits per heavy atom. The first-order valence-corrected chi connectivity index (χ1v) is 10.3. The van der Waals surface area contributed by atoms with Gasteiger partial charge < -0.3 is 32.5 Å². The Balaban J connectivity index is 5.22. The van der Waals surface area contributed by atoms with E-state index in [4.69, 9.17) is 11.5 Å². The van der Waals surface area contributed by atoms with E-state index in [0.717, 1.165) is 0 Å². The summed E-state index contributed by atoms with van der Waals surface area (Å²) in [5, 5.41) is 16.6. The molecule has 0 aliphatic rings. The number of hydrogen-bond donors (Lipinski definition) is 7. The molecule has 0 saturated carbocycles. The molecule has 0 spiro atoms. The van der Waals surface area contributed by atoms with Crippen molar-refractivity contribution < 1.29 is 29.1 Å². The third kappa shape index (κ3) is 8.99. The Hall–Kier alpha value is -2.34. The summed E-state index contributed by atoms with van der Waals surface area (Å²) in [5.74, 6) is -4.84. The molecule has 0 saturated heterocycles. The molecule has 172 valence electrons. The monoisotopic (exact) mass is 447 g/mol. The first-order chi connectivity index (χ1) is 13.8. The fourth-order valence-electron chi connectivity index (χ4n) is 2.50. The predicted octanol–water partition coefficient (Wildman–Crippen LogP) is -1.64. The highest BCUT2D eigenvalue weighted by atomic mass is 32.1. The fourth-order valence-corrected chi connectivity index (χ4v) is 2.75. The summed E-state index contributed by atoms with van der Waals surface area (Å²) in [6.07, 6.45) is 0.147. The Bertz CT molecular complexity index is 645. The average molecular weight is 448 g/mol. The molecule has 0 heterocycles. The molecular formula is C18H33N5O6S. The number of nitrogens with one attached hydrogen (secondary N) is 3. The predicted molar refractivity (Wildman–Crippen MR) is 113 cm³/mol. The lowest BCUT2D eigenvalue weighted by Gasteiger charge is -2.27. The minimum Gasteiger partial charge on any atom is -0.480 e. The van der Waals surface area contributed by atoms with Crippen LogP contribution in [-0.2, 0) is 24.0 Å². The summed E-state index contributed by atoms with van der Waals surface area (Å²) in [6, 6.07) is -4.50. The molecule has 0 aromatic carbocycles. The minimum atomic E-state index is -1.22. The van der Waals surface area contributed by atoms with Crippen LogP contribution in [0.15, 0.2) is 0 Å². The largest absolute Gasteiger partial charge is 0.480 e. The van der Waals surface area contributed by atoms with Gasteiger partial charge in [0.1, 0.15) is 18.1 Å². The molecule has 0 rings (SSSR count). The topological polar surface area (TPSA) is 194 Å². The number of carbonyl (C=O) groups excluding carboxylic acids is 4. The van der Waals surface area contributed by atoms with Crippen molar-refractivity contribution in [2.24, 2.45) is 23.3 Å². The van der Waals surface area contributed by atoms with Gasteiger partial charge in [-0.05, 0) is 11.8 Å². The van der Waals surface area contributed by atoms with Gasteiger partial charge in [0, 0.05) is 5.75 Å². The van der Waals surface area contributed by atoms with Crippen molar-refractivity contribution in [1.82, 2.24) is 16.0 Å². The van der Waals surface area contributed by atoms with Crippen LogP contribution in [0.25, 0.3) is 0 Å². The van der Waals surface area contributed by atoms with Gasteiger partial charge in [-0.1, -0.05) is 34.1 Å². The van der Waals surface area contributed by atoms with Gasteiger partial charge in [0.2, 0.25) is 23.6 Å². The number of nitrogens with two attached hydrogens (primary N) is 2. The van der Waals surface area contributed by atoms with Crippen molar-refractivity contribution >= 4 is 42.2 Å². The van der Waals surface area contributed by atoms with Crippen molar-refractivity contribution in [3.05, 3.63) is 0 Å². The number of hydrogen-bond acceptors (Lipinski definition) is 7. The highest BCUT2D eigenvalue weighted by molar-refractivity contribution is 7.80. The van der Waals surface area contributed by atoms with Crippen LogP contribution in [0.5, 0.6) is 0 Å². The zero-order valence-electron chi connectivity index (χ0n) is 17.7. The number of carboxylic acid groups (broad SMARTS) is 1. The maximum Gasteiger partial charge on any atom is 0.326 e. The lowest BCUT2D eigenvalue weighted by Crippen LogP contribution is -2.59. The van der Waals surface area contributed by atoms with Crippen molar-refractivity contribution in [1.29, 1.82) is 0 Å². The van der Waals surface area contributed by atoms with Gasteiger partial charge in [-0.2, -0.15) is 12.6 Å². The third-order valence-corrected chi connectivity index (χ3v) is 4.96. The molecule has 4 amide bonds. The van der Waals surface area contributed by atoms with E-state index in [1.807, 2.05) is 0 Å². The van der Waals surface area contributed by atoms with Gasteiger partial charge in [0.05, 0.1) is 12.5 Å². The van der Waals surface area contributed by atoms with Crippen LogP contribution >= 0.6 is 12.6 Å². The number of primary amides is 1. The van der Waals surface area contributed by atoms with Gasteiger partial charge in [0.15, 0.2) is 0 Å². The van der Waals surface area contributed by atoms with Gasteiger partial charge in [-0.25, -0.2) is 4.79 Å². The molecule has 0 aromatic heterocycles. The molecule has 0 bridgehead atoms. The van der Waals surface area contributed by atoms with Crippen molar-refractivity contribution in [2.45, 2.75) is 64.7 Å². The van der Waals surface area contributed by atoms with E-state index < -0.39 is 53.8 Å². The van der Waals surface area contributed by atoms with E-state index in [-0.39, 0.29) is 24.0 Å². The normalized spacial score (nSPS) is 16.0. The highest BCUT2D eigenvalue weighted by Gasteiger charge is 2.32. The zero-order chi connectivity index (χ0) is 23.6. The van der Waals surface area contributed by atoms with E-state index in [9.17, 15) is 29.1 Å². The van der Waals surface area contributed by atoms with Crippen LogP contribution < -0.4 is 27.4 Å². The average Bonchev–Trinajstić information content (AvgIpc) is 2.65. The molecule has 11 nitrogen and oxygen atoms in total. The van der Waals surface area contributed by atoms with Crippen LogP contribution in [-0.4, -0.2) is 64.6 Å². The molecule has 0 aromatic rings. The molecule has 0 aliphatic heterocycles. The zero-order valence-corrected chi connectivity index (χ0v) is 18.6. The van der Waals surface area contributed by atoms with Crippen molar-refractivity contribution in [3.8, 4) is 0 Å². The summed E-state index contributed by atoms with van der Waals surface area (Å²) in [4.78, 5) is 59.6. The van der Waals surface area contributed by atoms with Gasteiger partial charge in [-0.15, -0.1) is 0 Å². The van der Waals surface area contributed by atoms with E-state index >= 15 is 0 Å². The number of carboxylic acids is 1. The van der Waals surface area contributed by atoms with Crippen LogP contribution in [0, 0.1) is 11.8 Å². The van der Waals surface area contributed by atoms with Crippen LogP contribution in [0.2, 0.25) is 0 Å². The molecule has 5 atom stereocenters. The molecule has 5 unspecified atom stereocenters. The van der Waals surface area contributed by atoms with Gasteiger partial charge in [0.25, 0.3) is 0 Å². The number of amides is 4. The summed E-state index contributed by atoms with van der Waals surface area (Å²) < 4.78 is 0. The Labute approximate surface area is 181 Å². The molecule has 30 heavy (non-hydrogen) atoms. The molecule has 12 heteroatoms. The van der Waals surface area contributed by atoms with Gasteiger partial charge in [-0.3, -0.25) is 19.2 Å². The Morgan fingerprint density at radius 1 is 0.933 bits per heavy atom. The third-order valence-electron chi connectivity index (χ3n) is 4.60. The number of rotatable bonds is 13. The minimum absolute atomic E-state index is 0.0929. The molecule has 0 aliphatic carbocycles. The van der Waals surface area contributed by atoms with E-state index in [0.29, 0.717) is 6.42 Å². The standard InChI is InChI=1S/C18H33N5O6S/c1-5-9(4)14(18(28)29)23-16(26)11(7-30)21-17(27)13(8(2)3)22-15(25)10(19)6-12(20)24/h8-11,13-14,30H,5-7,19H2,1-4H3,(H2,20,24)(H,21,27)(H,22,25)(H,23,26)(H,28,29). The van der Waals surface area contributed by atoms with Crippen molar-refractivity contribution in [2.75, 3.05) is 5.75 Å². The fraction of sp³-hybridized carbons (Fsp3) is 0.722. The SMILES string of the molecule is CCC(C)C(NC(=O)C(CS)NC(=O)C(NC(=O)C(N)CC(N)=O)C(C)C)C(=O)O. The molecule has 8 N–H and O–H groups in total.